The van der Waals surface area contributed by atoms with Gasteiger partial charge >= 0.3 is 0 Å². The van der Waals surface area contributed by atoms with Crippen LogP contribution >= 0.6 is 7.44 Å². The van der Waals surface area contributed by atoms with Gasteiger partial charge in [0.1, 0.15) is 0 Å². The van der Waals surface area contributed by atoms with E-state index in [0.717, 1.165) is 13.1 Å². The van der Waals surface area contributed by atoms with Crippen LogP contribution in [0.2, 0.25) is 0 Å². The fourth-order valence-electron chi connectivity index (χ4n) is 1.59. The van der Waals surface area contributed by atoms with Crippen LogP contribution in [0.3, 0.4) is 0 Å². The average Bonchev–Trinajstić information content (AvgIpc) is 2.24. The molecule has 1 aliphatic rings. The summed E-state index contributed by atoms with van der Waals surface area (Å²) in [6.07, 6.45) is 4.14. The summed E-state index contributed by atoms with van der Waals surface area (Å²) in [5, 5.41) is 3.10. The lowest BCUT2D eigenvalue weighted by molar-refractivity contribution is 0.293. The second-order valence-electron chi connectivity index (χ2n) is 4.32. The summed E-state index contributed by atoms with van der Waals surface area (Å²) in [6, 6.07) is 0.348. The highest BCUT2D eigenvalue weighted by atomic mass is 31.2. The van der Waals surface area contributed by atoms with E-state index in [1.165, 1.54) is 0 Å². The molecule has 0 fully saturated rings. The number of nitrogens with one attached hydrogen (secondary N) is 1. The Labute approximate surface area is 87.0 Å². The zero-order chi connectivity index (χ0) is 10.8. The summed E-state index contributed by atoms with van der Waals surface area (Å²) < 4.78 is 14.4. The van der Waals surface area contributed by atoms with Gasteiger partial charge in [0, 0.05) is 25.8 Å². The van der Waals surface area contributed by atoms with E-state index in [-0.39, 0.29) is 0 Å². The fraction of sp³-hybridized carbons (Fsp3) is 0.800. The zero-order valence-electron chi connectivity index (χ0n) is 9.53. The molecule has 1 rings (SSSR count). The van der Waals surface area contributed by atoms with Crippen molar-refractivity contribution in [1.82, 2.24) is 9.76 Å². The summed E-state index contributed by atoms with van der Waals surface area (Å²) in [7, 11) is -2.33. The molecule has 1 aliphatic heterocycles. The first-order chi connectivity index (χ1) is 6.45. The third kappa shape index (κ3) is 2.69. The Hall–Kier alpha value is -0.110. The van der Waals surface area contributed by atoms with Gasteiger partial charge in [0.05, 0.1) is 0 Å². The molecule has 3 nitrogen and oxygen atoms in total. The van der Waals surface area contributed by atoms with Crippen LogP contribution in [0.25, 0.3) is 0 Å². The van der Waals surface area contributed by atoms with E-state index in [1.807, 2.05) is 12.7 Å². The third-order valence-electron chi connectivity index (χ3n) is 2.89. The van der Waals surface area contributed by atoms with E-state index in [1.54, 1.807) is 0 Å². The van der Waals surface area contributed by atoms with Gasteiger partial charge in [0.25, 0.3) is 0 Å². The summed E-state index contributed by atoms with van der Waals surface area (Å²) >= 11 is 0. The minimum absolute atomic E-state index is 0.348. The van der Waals surface area contributed by atoms with Crippen molar-refractivity contribution in [2.24, 2.45) is 5.92 Å². The molecule has 0 bridgehead atoms. The van der Waals surface area contributed by atoms with Crippen molar-refractivity contribution in [3.63, 3.8) is 0 Å². The van der Waals surface area contributed by atoms with Crippen molar-refractivity contribution < 1.29 is 4.57 Å². The second-order valence-corrected chi connectivity index (χ2v) is 6.91. The van der Waals surface area contributed by atoms with Crippen molar-refractivity contribution in [3.05, 3.63) is 12.2 Å². The SMILES string of the molecule is CC(C)C(C)N1CC=CCNP1(C)=O. The van der Waals surface area contributed by atoms with E-state index >= 15 is 0 Å². The van der Waals surface area contributed by atoms with E-state index in [0.29, 0.717) is 12.0 Å². The lowest BCUT2D eigenvalue weighted by Crippen LogP contribution is -2.36. The molecule has 2 atom stereocenters. The minimum atomic E-state index is -2.33. The van der Waals surface area contributed by atoms with Gasteiger partial charge in [-0.05, 0) is 12.8 Å². The highest BCUT2D eigenvalue weighted by molar-refractivity contribution is 7.58. The summed E-state index contributed by atoms with van der Waals surface area (Å²) in [4.78, 5) is 0. The van der Waals surface area contributed by atoms with Crippen molar-refractivity contribution >= 4 is 7.44 Å². The third-order valence-corrected chi connectivity index (χ3v) is 5.16. The maximum atomic E-state index is 12.3. The van der Waals surface area contributed by atoms with E-state index in [9.17, 15) is 4.57 Å². The predicted octanol–water partition coefficient (Wildman–Crippen LogP) is 2.32. The smallest absolute Gasteiger partial charge is 0.211 e. The summed E-state index contributed by atoms with van der Waals surface area (Å²) in [5.74, 6) is 0.525. The normalized spacial score (nSPS) is 31.8. The van der Waals surface area contributed by atoms with Crippen LogP contribution in [-0.2, 0) is 4.57 Å². The molecule has 0 radical (unpaired) electrons. The van der Waals surface area contributed by atoms with Gasteiger partial charge in [-0.25, -0.2) is 4.67 Å². The van der Waals surface area contributed by atoms with Gasteiger partial charge < -0.3 is 0 Å². The van der Waals surface area contributed by atoms with Crippen LogP contribution < -0.4 is 5.09 Å². The first kappa shape index (κ1) is 12.0. The highest BCUT2D eigenvalue weighted by Gasteiger charge is 2.30. The van der Waals surface area contributed by atoms with Crippen LogP contribution in [0.4, 0.5) is 0 Å². The molecular weight excluding hydrogens is 195 g/mol. The maximum absolute atomic E-state index is 12.3. The van der Waals surface area contributed by atoms with Crippen molar-refractivity contribution in [2.75, 3.05) is 19.8 Å². The van der Waals surface area contributed by atoms with E-state index in [4.69, 9.17) is 0 Å². The van der Waals surface area contributed by atoms with Gasteiger partial charge in [0.15, 0.2) is 0 Å². The molecule has 0 aromatic carbocycles. The summed E-state index contributed by atoms with van der Waals surface area (Å²) in [6.45, 7) is 9.80. The Morgan fingerprint density at radius 1 is 1.36 bits per heavy atom. The fourth-order valence-corrected chi connectivity index (χ4v) is 3.59. The van der Waals surface area contributed by atoms with Crippen LogP contribution in [-0.4, -0.2) is 30.5 Å². The molecule has 2 unspecified atom stereocenters. The van der Waals surface area contributed by atoms with Crippen LogP contribution in [0, 0.1) is 5.92 Å². The largest absolute Gasteiger partial charge is 0.289 e. The lowest BCUT2D eigenvalue weighted by Gasteiger charge is -2.34. The number of rotatable bonds is 2. The van der Waals surface area contributed by atoms with E-state index < -0.39 is 7.44 Å². The Morgan fingerprint density at radius 3 is 2.57 bits per heavy atom. The number of hydrogen-bond acceptors (Lipinski definition) is 1. The molecule has 0 saturated carbocycles. The zero-order valence-corrected chi connectivity index (χ0v) is 10.4. The first-order valence-electron chi connectivity index (χ1n) is 5.20. The number of hydrogen-bond donors (Lipinski definition) is 1. The Balaban J connectivity index is 2.82. The molecule has 0 spiro atoms. The van der Waals surface area contributed by atoms with Gasteiger partial charge in [-0.2, -0.15) is 0 Å². The van der Waals surface area contributed by atoms with Crippen molar-refractivity contribution in [1.29, 1.82) is 0 Å². The average molecular weight is 216 g/mol. The molecule has 0 aromatic heterocycles. The molecule has 0 saturated heterocycles. The Morgan fingerprint density at radius 2 is 2.00 bits per heavy atom. The quantitative estimate of drug-likeness (QED) is 0.568. The minimum Gasteiger partial charge on any atom is -0.289 e. The Bertz CT molecular complexity index is 263. The van der Waals surface area contributed by atoms with Gasteiger partial charge in [-0.15, -0.1) is 0 Å². The molecule has 82 valence electrons. The topological polar surface area (TPSA) is 32.3 Å². The van der Waals surface area contributed by atoms with Gasteiger partial charge in [-0.1, -0.05) is 26.0 Å². The van der Waals surface area contributed by atoms with Crippen molar-refractivity contribution in [3.8, 4) is 0 Å². The van der Waals surface area contributed by atoms with Crippen molar-refractivity contribution in [2.45, 2.75) is 26.8 Å². The standard InChI is InChI=1S/C10H21N2OP/c1-9(2)10(3)12-8-6-5-7-11-14(12,4)13/h5-6,9-10H,7-8H2,1-4H3,(H,11,13). The van der Waals surface area contributed by atoms with E-state index in [2.05, 4.69) is 36.6 Å². The maximum Gasteiger partial charge on any atom is 0.211 e. The van der Waals surface area contributed by atoms with Crippen LogP contribution in [0.5, 0.6) is 0 Å². The second kappa shape index (κ2) is 4.61. The molecule has 4 heteroatoms. The Kier molecular flexibility index (Phi) is 3.94. The molecular formula is C10H21N2OP. The molecule has 1 N–H and O–H groups in total. The van der Waals surface area contributed by atoms with Gasteiger partial charge in [0.2, 0.25) is 7.44 Å². The molecule has 1 heterocycles. The molecule has 0 amide bonds. The lowest BCUT2D eigenvalue weighted by atomic mass is 10.1. The number of nitrogens with zero attached hydrogens (tertiary/aromatic N) is 1. The monoisotopic (exact) mass is 216 g/mol. The highest BCUT2D eigenvalue weighted by Crippen LogP contribution is 2.44. The molecule has 0 aliphatic carbocycles. The van der Waals surface area contributed by atoms with Gasteiger partial charge in [-0.3, -0.25) is 9.65 Å². The predicted molar refractivity (Wildman–Crippen MR) is 61.7 cm³/mol. The van der Waals surface area contributed by atoms with Crippen LogP contribution in [0.1, 0.15) is 20.8 Å². The summed E-state index contributed by atoms with van der Waals surface area (Å²) in [5.41, 5.74) is 0. The first-order valence-corrected chi connectivity index (χ1v) is 7.30. The van der Waals surface area contributed by atoms with Crippen LogP contribution in [0.15, 0.2) is 12.2 Å². The molecule has 14 heavy (non-hydrogen) atoms. The molecule has 0 aromatic rings.